The minimum atomic E-state index is -1.08. The van der Waals surface area contributed by atoms with Gasteiger partial charge < -0.3 is 10.1 Å². The van der Waals surface area contributed by atoms with E-state index in [-0.39, 0.29) is 23.5 Å². The first-order valence-electron chi connectivity index (χ1n) is 9.31. The number of nitrogens with zero attached hydrogens (tertiary/aromatic N) is 1. The van der Waals surface area contributed by atoms with Crippen molar-refractivity contribution in [2.75, 3.05) is 6.61 Å². The zero-order valence-electron chi connectivity index (χ0n) is 16.2. The zero-order chi connectivity index (χ0) is 21.0. The summed E-state index contributed by atoms with van der Waals surface area (Å²) < 4.78 is 5.15. The second kappa shape index (κ2) is 9.00. The minimum absolute atomic E-state index is 0.0320. The van der Waals surface area contributed by atoms with E-state index in [1.807, 2.05) is 31.4 Å². The largest absolute Gasteiger partial charge is 0.454 e. The van der Waals surface area contributed by atoms with E-state index in [4.69, 9.17) is 4.74 Å². The van der Waals surface area contributed by atoms with E-state index in [1.165, 1.54) is 11.3 Å². The number of carbonyl (C=O) groups is 4. The molecule has 1 atom stereocenters. The van der Waals surface area contributed by atoms with Gasteiger partial charge in [0.2, 0.25) is 0 Å². The Balaban J connectivity index is 1.65. The molecule has 3 amide bonds. The maximum Gasteiger partial charge on any atom is 0.329 e. The van der Waals surface area contributed by atoms with Crippen LogP contribution >= 0.6 is 11.3 Å². The number of carbonyl (C=O) groups excluding carboxylic acids is 4. The Hall–Kier alpha value is -3.00. The maximum absolute atomic E-state index is 12.7. The molecule has 1 aromatic carbocycles. The molecule has 0 unspecified atom stereocenters. The van der Waals surface area contributed by atoms with Crippen molar-refractivity contribution in [2.24, 2.45) is 5.92 Å². The zero-order valence-corrected chi connectivity index (χ0v) is 17.0. The lowest BCUT2D eigenvalue weighted by Crippen LogP contribution is -2.47. The lowest BCUT2D eigenvalue weighted by atomic mass is 10.0. The number of fused-ring (bicyclic) bond motifs is 1. The molecule has 0 radical (unpaired) electrons. The first-order valence-corrected chi connectivity index (χ1v) is 10.2. The lowest BCUT2D eigenvalue weighted by Gasteiger charge is -2.25. The van der Waals surface area contributed by atoms with Gasteiger partial charge in [0.25, 0.3) is 17.7 Å². The van der Waals surface area contributed by atoms with Crippen molar-refractivity contribution in [1.29, 1.82) is 0 Å². The van der Waals surface area contributed by atoms with E-state index in [0.29, 0.717) is 6.54 Å². The third kappa shape index (κ3) is 4.71. The molecule has 0 spiro atoms. The molecule has 152 valence electrons. The van der Waals surface area contributed by atoms with Gasteiger partial charge in [-0.15, -0.1) is 11.3 Å². The van der Waals surface area contributed by atoms with E-state index in [0.717, 1.165) is 9.78 Å². The van der Waals surface area contributed by atoms with Crippen molar-refractivity contribution < 1.29 is 23.9 Å². The van der Waals surface area contributed by atoms with Crippen LogP contribution in [0.2, 0.25) is 0 Å². The Morgan fingerprint density at radius 3 is 2.28 bits per heavy atom. The van der Waals surface area contributed by atoms with E-state index >= 15 is 0 Å². The topological polar surface area (TPSA) is 92.8 Å². The molecular weight excluding hydrogens is 392 g/mol. The number of imide groups is 1. The summed E-state index contributed by atoms with van der Waals surface area (Å²) in [5.41, 5.74) is 0.542. The first-order chi connectivity index (χ1) is 13.9. The van der Waals surface area contributed by atoms with Gasteiger partial charge in [-0.3, -0.25) is 19.3 Å². The molecule has 0 saturated carbocycles. The van der Waals surface area contributed by atoms with Crippen molar-refractivity contribution in [3.8, 4) is 0 Å². The van der Waals surface area contributed by atoms with Crippen molar-refractivity contribution >= 4 is 35.0 Å². The summed E-state index contributed by atoms with van der Waals surface area (Å²) in [6.45, 7) is 3.64. The smallest absolute Gasteiger partial charge is 0.329 e. The van der Waals surface area contributed by atoms with Crippen molar-refractivity contribution in [3.05, 3.63) is 57.8 Å². The first kappa shape index (κ1) is 20.7. The Labute approximate surface area is 172 Å². The number of nitrogens with one attached hydrogen (secondary N) is 1. The molecule has 2 heterocycles. The third-order valence-electron chi connectivity index (χ3n) is 4.49. The van der Waals surface area contributed by atoms with Gasteiger partial charge in [0.1, 0.15) is 6.04 Å². The molecule has 1 aromatic heterocycles. The third-order valence-corrected chi connectivity index (χ3v) is 5.37. The summed E-state index contributed by atoms with van der Waals surface area (Å²) in [7, 11) is 0. The molecule has 29 heavy (non-hydrogen) atoms. The molecular formula is C21H22N2O5S. The number of esters is 1. The fourth-order valence-electron chi connectivity index (χ4n) is 3.13. The Morgan fingerprint density at radius 1 is 1.07 bits per heavy atom. The molecule has 8 heteroatoms. The Kier molecular flexibility index (Phi) is 6.43. The van der Waals surface area contributed by atoms with E-state index in [9.17, 15) is 19.2 Å². The predicted octanol–water partition coefficient (Wildman–Crippen LogP) is 2.62. The lowest BCUT2D eigenvalue weighted by molar-refractivity contribution is -0.152. The summed E-state index contributed by atoms with van der Waals surface area (Å²) >= 11 is 1.51. The van der Waals surface area contributed by atoms with Crippen LogP contribution in [-0.4, -0.2) is 41.2 Å². The molecule has 1 aliphatic rings. The molecule has 3 rings (SSSR count). The maximum atomic E-state index is 12.7. The standard InChI is InChI=1S/C21H22N2O5S/c1-13(2)10-17(23-19(25)15-7-3-4-8-16(15)20(23)26)21(27)28-12-18(24)22-11-14-6-5-9-29-14/h3-9,13,17H,10-12H2,1-2H3,(H,22,24)/t17-/m1/s1. The average Bonchev–Trinajstić information content (AvgIpc) is 3.30. The Morgan fingerprint density at radius 2 is 1.72 bits per heavy atom. The second-order valence-electron chi connectivity index (χ2n) is 7.14. The number of benzene rings is 1. The highest BCUT2D eigenvalue weighted by molar-refractivity contribution is 7.09. The number of hydrogen-bond acceptors (Lipinski definition) is 6. The summed E-state index contributed by atoms with van der Waals surface area (Å²) in [6.07, 6.45) is 0.251. The van der Waals surface area contributed by atoms with E-state index < -0.39 is 36.3 Å². The van der Waals surface area contributed by atoms with E-state index in [1.54, 1.807) is 24.3 Å². The number of hydrogen-bond donors (Lipinski definition) is 1. The minimum Gasteiger partial charge on any atom is -0.454 e. The molecule has 1 N–H and O–H groups in total. The number of amides is 3. The molecule has 0 aliphatic carbocycles. The summed E-state index contributed by atoms with van der Waals surface area (Å²) in [6, 6.07) is 9.15. The second-order valence-corrected chi connectivity index (χ2v) is 8.17. The molecule has 0 fully saturated rings. The SMILES string of the molecule is CC(C)C[C@H](C(=O)OCC(=O)NCc1cccs1)N1C(=O)c2ccccc2C1=O. The molecule has 1 aliphatic heterocycles. The van der Waals surface area contributed by atoms with Crippen molar-refractivity contribution in [3.63, 3.8) is 0 Å². The van der Waals surface area contributed by atoms with Crippen LogP contribution in [-0.2, 0) is 20.9 Å². The molecule has 2 aromatic rings. The van der Waals surface area contributed by atoms with Crippen LogP contribution < -0.4 is 5.32 Å². The van der Waals surface area contributed by atoms with Gasteiger partial charge >= 0.3 is 5.97 Å². The predicted molar refractivity (Wildman–Crippen MR) is 107 cm³/mol. The van der Waals surface area contributed by atoms with Crippen LogP contribution in [0.25, 0.3) is 0 Å². The van der Waals surface area contributed by atoms with Gasteiger partial charge in [-0.1, -0.05) is 32.0 Å². The van der Waals surface area contributed by atoms with Crippen molar-refractivity contribution in [2.45, 2.75) is 32.9 Å². The summed E-state index contributed by atoms with van der Waals surface area (Å²) in [5.74, 6) is -2.22. The van der Waals surface area contributed by atoms with Gasteiger partial charge in [-0.2, -0.15) is 0 Å². The highest BCUT2D eigenvalue weighted by Gasteiger charge is 2.43. The Bertz CT molecular complexity index is 888. The summed E-state index contributed by atoms with van der Waals surface area (Å²) in [4.78, 5) is 52.1. The average molecular weight is 414 g/mol. The quantitative estimate of drug-likeness (QED) is 0.529. The van der Waals surface area contributed by atoms with Crippen molar-refractivity contribution in [1.82, 2.24) is 10.2 Å². The molecule has 0 saturated heterocycles. The van der Waals surface area contributed by atoms with Gasteiger partial charge in [0, 0.05) is 4.88 Å². The number of thiophene rings is 1. The molecule has 0 bridgehead atoms. The van der Waals surface area contributed by atoms with Gasteiger partial charge in [0.05, 0.1) is 17.7 Å². The van der Waals surface area contributed by atoms with Gasteiger partial charge in [0.15, 0.2) is 6.61 Å². The fourth-order valence-corrected chi connectivity index (χ4v) is 3.77. The highest BCUT2D eigenvalue weighted by atomic mass is 32.1. The highest BCUT2D eigenvalue weighted by Crippen LogP contribution is 2.27. The van der Waals surface area contributed by atoms with Crippen LogP contribution in [0.4, 0.5) is 0 Å². The van der Waals surface area contributed by atoms with Gasteiger partial charge in [-0.25, -0.2) is 4.79 Å². The monoisotopic (exact) mass is 414 g/mol. The van der Waals surface area contributed by atoms with Crippen LogP contribution in [0.15, 0.2) is 41.8 Å². The fraction of sp³-hybridized carbons (Fsp3) is 0.333. The van der Waals surface area contributed by atoms with Gasteiger partial charge in [-0.05, 0) is 35.9 Å². The number of ether oxygens (including phenoxy) is 1. The normalized spacial score (nSPS) is 14.1. The van der Waals surface area contributed by atoms with Crippen LogP contribution in [0, 0.1) is 5.92 Å². The number of rotatable bonds is 8. The van der Waals surface area contributed by atoms with Crippen LogP contribution in [0.1, 0.15) is 45.9 Å². The molecule has 7 nitrogen and oxygen atoms in total. The van der Waals surface area contributed by atoms with E-state index in [2.05, 4.69) is 5.32 Å². The van der Waals surface area contributed by atoms with Crippen LogP contribution in [0.5, 0.6) is 0 Å². The summed E-state index contributed by atoms with van der Waals surface area (Å²) in [5, 5.41) is 4.57. The van der Waals surface area contributed by atoms with Crippen LogP contribution in [0.3, 0.4) is 0 Å².